The lowest BCUT2D eigenvalue weighted by atomic mass is 10.2. The molecule has 0 radical (unpaired) electrons. The van der Waals surface area contributed by atoms with Crippen LogP contribution in [0.1, 0.15) is 6.42 Å². The summed E-state index contributed by atoms with van der Waals surface area (Å²) in [5.41, 5.74) is 5.12. The van der Waals surface area contributed by atoms with Crippen LogP contribution >= 0.6 is 0 Å². The maximum absolute atomic E-state index is 10.7. The van der Waals surface area contributed by atoms with Gasteiger partial charge in [0.05, 0.1) is 0 Å². The van der Waals surface area contributed by atoms with Gasteiger partial charge in [-0.15, -0.1) is 0 Å². The van der Waals surface area contributed by atoms with Crippen molar-refractivity contribution in [1.29, 1.82) is 4.78 Å². The number of nitrogens with two attached hydrogens (primary N) is 1. The fourth-order valence-corrected chi connectivity index (χ4v) is 1.18. The molecule has 0 saturated carbocycles. The summed E-state index contributed by atoms with van der Waals surface area (Å²) in [6.45, 7) is 0. The summed E-state index contributed by atoms with van der Waals surface area (Å²) in [6, 6.07) is -0.999. The van der Waals surface area contributed by atoms with Gasteiger partial charge >= 0.3 is 16.4 Å². The van der Waals surface area contributed by atoms with E-state index in [-0.39, 0.29) is 12.2 Å². The molecule has 0 heterocycles. The zero-order valence-corrected chi connectivity index (χ0v) is 9.99. The highest BCUT2D eigenvalue weighted by atomic mass is 32.3. The third kappa shape index (κ3) is 23.2. The molecule has 0 amide bonds. The van der Waals surface area contributed by atoms with E-state index in [1.165, 1.54) is 6.26 Å². The van der Waals surface area contributed by atoms with E-state index >= 15 is 0 Å². The van der Waals surface area contributed by atoms with Crippen molar-refractivity contribution in [2.24, 2.45) is 5.73 Å². The molecule has 0 aliphatic heterocycles. The topological polar surface area (TPSA) is 179 Å². The Morgan fingerprint density at radius 2 is 1.69 bits per heavy atom. The lowest BCUT2D eigenvalue weighted by Gasteiger charge is -2.04. The lowest BCUT2D eigenvalue weighted by Crippen LogP contribution is -2.31. The maximum Gasteiger partial charge on any atom is 0.394 e. The van der Waals surface area contributed by atoms with Crippen molar-refractivity contribution in [3.8, 4) is 0 Å². The van der Waals surface area contributed by atoms with Gasteiger partial charge in [-0.2, -0.15) is 8.42 Å². The minimum absolute atomic E-state index is 0.0421. The van der Waals surface area contributed by atoms with E-state index in [2.05, 4.69) is 0 Å². The second kappa shape index (κ2) is 6.75. The molecule has 2 atom stereocenters. The van der Waals surface area contributed by atoms with E-state index in [4.69, 9.17) is 33.1 Å². The highest BCUT2D eigenvalue weighted by molar-refractivity contribution is 7.91. The number of carboxylic acid groups (broad SMARTS) is 1. The smallest absolute Gasteiger partial charge is 0.394 e. The summed E-state index contributed by atoms with van der Waals surface area (Å²) in [5, 5.41) is 8.30. The van der Waals surface area contributed by atoms with Crippen LogP contribution < -0.4 is 5.73 Å². The highest BCUT2D eigenvalue weighted by Gasteiger charge is 2.12. The van der Waals surface area contributed by atoms with Crippen LogP contribution in [-0.4, -0.2) is 50.9 Å². The van der Waals surface area contributed by atoms with Gasteiger partial charge in [-0.3, -0.25) is 22.9 Å². The molecule has 0 spiro atoms. The lowest BCUT2D eigenvalue weighted by molar-refractivity contribution is -0.138. The van der Waals surface area contributed by atoms with Crippen LogP contribution in [0.15, 0.2) is 0 Å². The molecule has 0 aliphatic carbocycles. The van der Waals surface area contributed by atoms with Crippen LogP contribution in [0, 0.1) is 4.78 Å². The number of hydrogen-bond acceptors (Lipinski definition) is 6. The number of rotatable bonds is 4. The van der Waals surface area contributed by atoms with E-state index in [0.717, 1.165) is 0 Å². The van der Waals surface area contributed by atoms with Crippen molar-refractivity contribution in [3.05, 3.63) is 0 Å². The van der Waals surface area contributed by atoms with Gasteiger partial charge < -0.3 is 10.8 Å². The molecule has 0 saturated heterocycles. The second-order valence-electron chi connectivity index (χ2n) is 2.89. The molecule has 0 fully saturated rings. The summed E-state index contributed by atoms with van der Waals surface area (Å²) in [6.07, 6.45) is 1.36. The third-order valence-electron chi connectivity index (χ3n) is 1.14. The predicted molar refractivity (Wildman–Crippen MR) is 56.1 cm³/mol. The average Bonchev–Trinajstić information content (AvgIpc) is 1.95. The van der Waals surface area contributed by atoms with Crippen LogP contribution in [0.2, 0.25) is 0 Å². The van der Waals surface area contributed by atoms with Crippen molar-refractivity contribution in [3.63, 3.8) is 0 Å². The zero-order chi connectivity index (χ0) is 13.6. The fourth-order valence-electron chi connectivity index (χ4n) is 0.475. The van der Waals surface area contributed by atoms with Gasteiger partial charge in [0.15, 0.2) is 0 Å². The molecule has 11 heteroatoms. The minimum atomic E-state index is -4.67. The van der Waals surface area contributed by atoms with E-state index in [0.29, 0.717) is 0 Å². The molecule has 0 aliphatic rings. The molecular formula is C5H14N2O7S2. The molecule has 0 aromatic rings. The molecule has 16 heavy (non-hydrogen) atoms. The first-order valence-corrected chi connectivity index (χ1v) is 7.26. The van der Waals surface area contributed by atoms with Gasteiger partial charge in [-0.25, -0.2) is 0 Å². The fraction of sp³-hybridized carbons (Fsp3) is 0.800. The zero-order valence-electron chi connectivity index (χ0n) is 8.36. The average molecular weight is 278 g/mol. The largest absolute Gasteiger partial charge is 0.480 e. The first kappa shape index (κ1) is 17.6. The van der Waals surface area contributed by atoms with Gasteiger partial charge in [-0.1, -0.05) is 0 Å². The molecule has 0 aromatic carbocycles. The first-order valence-electron chi connectivity index (χ1n) is 3.72. The van der Waals surface area contributed by atoms with Crippen LogP contribution in [0.5, 0.6) is 0 Å². The minimum Gasteiger partial charge on any atom is -0.480 e. The Bertz CT molecular complexity index is 404. The Morgan fingerprint density at radius 3 is 1.88 bits per heavy atom. The Labute approximate surface area is 93.2 Å². The standard InChI is InChI=1S/C5H12N2O3S.H2O4S/c1-11(7,10)3-2-4(6)5(8)9;1-5(2,3)4/h4,7H,2-3,6H2,1H3,(H,8,9);(H2,1,2,3,4). The maximum atomic E-state index is 10.7. The molecule has 2 unspecified atom stereocenters. The van der Waals surface area contributed by atoms with E-state index in [9.17, 15) is 9.00 Å². The predicted octanol–water partition coefficient (Wildman–Crippen LogP) is -1.19. The van der Waals surface area contributed by atoms with Crippen LogP contribution in [0.25, 0.3) is 0 Å². The van der Waals surface area contributed by atoms with Crippen molar-refractivity contribution in [2.45, 2.75) is 12.5 Å². The molecule has 0 aromatic heterocycles. The summed E-state index contributed by atoms with van der Waals surface area (Å²) in [5.74, 6) is -1.07. The van der Waals surface area contributed by atoms with E-state index < -0.39 is 32.1 Å². The monoisotopic (exact) mass is 278 g/mol. The van der Waals surface area contributed by atoms with Gasteiger partial charge in [-0.05, 0) is 6.42 Å². The number of hydrogen-bond donors (Lipinski definition) is 5. The highest BCUT2D eigenvalue weighted by Crippen LogP contribution is 1.94. The Morgan fingerprint density at radius 1 is 1.38 bits per heavy atom. The third-order valence-corrected chi connectivity index (χ3v) is 2.15. The molecule has 0 rings (SSSR count). The van der Waals surface area contributed by atoms with Gasteiger partial charge in [0, 0.05) is 21.7 Å². The summed E-state index contributed by atoms with van der Waals surface area (Å²) < 4.78 is 49.3. The van der Waals surface area contributed by atoms with Crippen LogP contribution in [0.3, 0.4) is 0 Å². The van der Waals surface area contributed by atoms with Crippen LogP contribution in [0.4, 0.5) is 0 Å². The van der Waals surface area contributed by atoms with Gasteiger partial charge in [0.25, 0.3) is 0 Å². The van der Waals surface area contributed by atoms with Crippen molar-refractivity contribution >= 4 is 26.1 Å². The molecule has 0 bridgehead atoms. The number of carbonyl (C=O) groups is 1. The first-order chi connectivity index (χ1) is 6.83. The Kier molecular flexibility index (Phi) is 7.44. The summed E-state index contributed by atoms with van der Waals surface area (Å²) >= 11 is 0. The Hall–Kier alpha value is -0.750. The van der Waals surface area contributed by atoms with Gasteiger partial charge in [0.1, 0.15) is 6.04 Å². The number of aliphatic carboxylic acids is 1. The van der Waals surface area contributed by atoms with E-state index in [1.807, 2.05) is 0 Å². The molecular weight excluding hydrogens is 264 g/mol. The summed E-state index contributed by atoms with van der Waals surface area (Å²) in [4.78, 5) is 10.1. The summed E-state index contributed by atoms with van der Waals surface area (Å²) in [7, 11) is -7.26. The SMILES string of the molecule is CS(=N)(=O)CCC(N)C(=O)O.O=S(=O)(O)O. The second-order valence-corrected chi connectivity index (χ2v) is 6.20. The van der Waals surface area contributed by atoms with Crippen molar-refractivity contribution in [2.75, 3.05) is 12.0 Å². The number of carboxylic acids is 1. The van der Waals surface area contributed by atoms with Crippen molar-refractivity contribution in [1.82, 2.24) is 0 Å². The number of nitrogens with one attached hydrogen (secondary N) is 1. The van der Waals surface area contributed by atoms with Crippen LogP contribution in [-0.2, 0) is 24.9 Å². The van der Waals surface area contributed by atoms with Gasteiger partial charge in [0.2, 0.25) is 0 Å². The molecule has 98 valence electrons. The van der Waals surface area contributed by atoms with Crippen molar-refractivity contribution < 1.29 is 31.6 Å². The Balaban J connectivity index is 0. The normalized spacial score (nSPS) is 16.5. The quantitative estimate of drug-likeness (QED) is 0.398. The molecule has 6 N–H and O–H groups in total. The van der Waals surface area contributed by atoms with E-state index in [1.54, 1.807) is 0 Å². The molecule has 9 nitrogen and oxygen atoms in total.